The van der Waals surface area contributed by atoms with Crippen LogP contribution in [0, 0.1) is 0 Å². The van der Waals surface area contributed by atoms with E-state index in [1.54, 1.807) is 0 Å². The molecule has 0 rings (SSSR count). The van der Waals surface area contributed by atoms with Crippen LogP contribution in [0.3, 0.4) is 0 Å². The SMILES string of the molecule is OP(O)OCC(F)(F)F.[NaH]. The topological polar surface area (TPSA) is 49.7 Å². The van der Waals surface area contributed by atoms with Crippen LogP contribution in [0.15, 0.2) is 0 Å². The van der Waals surface area contributed by atoms with Gasteiger partial charge in [-0.15, -0.1) is 0 Å². The summed E-state index contributed by atoms with van der Waals surface area (Å²) in [4.78, 5) is 15.6. The van der Waals surface area contributed by atoms with Gasteiger partial charge in [-0.3, -0.25) is 0 Å². The Morgan fingerprint density at radius 2 is 1.70 bits per heavy atom. The Kier molecular flexibility index (Phi) is 7.81. The van der Waals surface area contributed by atoms with Crippen molar-refractivity contribution < 1.29 is 27.5 Å². The van der Waals surface area contributed by atoms with Crippen molar-refractivity contribution in [2.24, 2.45) is 0 Å². The van der Waals surface area contributed by atoms with Gasteiger partial charge in [0.1, 0.15) is 0 Å². The molecule has 0 aromatic carbocycles. The maximum absolute atomic E-state index is 11.1. The predicted molar refractivity (Wildman–Crippen MR) is 30.5 cm³/mol. The molecular formula is C2H5F3NaO3P. The molecule has 0 aliphatic rings. The molecule has 0 heterocycles. The summed E-state index contributed by atoms with van der Waals surface area (Å²) in [7, 11) is -2.88. The minimum atomic E-state index is -4.49. The molecule has 8 heteroatoms. The number of halogens is 3. The Bertz CT molecular complexity index is 86.3. The van der Waals surface area contributed by atoms with Crippen molar-refractivity contribution in [1.82, 2.24) is 0 Å². The zero-order chi connectivity index (χ0) is 7.49. The van der Waals surface area contributed by atoms with E-state index in [1.165, 1.54) is 0 Å². The summed E-state index contributed by atoms with van der Waals surface area (Å²) >= 11 is 0. The molecule has 0 aromatic rings. The van der Waals surface area contributed by atoms with Gasteiger partial charge in [-0.25, -0.2) is 0 Å². The summed E-state index contributed by atoms with van der Waals surface area (Å²) in [5.41, 5.74) is 0. The quantitative estimate of drug-likeness (QED) is 0.478. The van der Waals surface area contributed by atoms with E-state index >= 15 is 0 Å². The van der Waals surface area contributed by atoms with Crippen LogP contribution in [0.1, 0.15) is 0 Å². The van der Waals surface area contributed by atoms with E-state index in [2.05, 4.69) is 4.52 Å². The van der Waals surface area contributed by atoms with E-state index in [9.17, 15) is 13.2 Å². The van der Waals surface area contributed by atoms with Gasteiger partial charge in [0.2, 0.25) is 0 Å². The van der Waals surface area contributed by atoms with Crippen LogP contribution in [-0.2, 0) is 4.52 Å². The molecule has 0 aliphatic carbocycles. The second-order valence-electron chi connectivity index (χ2n) is 1.14. The molecule has 3 nitrogen and oxygen atoms in total. The van der Waals surface area contributed by atoms with E-state index < -0.39 is 21.4 Å². The number of rotatable bonds is 2. The molecule has 10 heavy (non-hydrogen) atoms. The molecule has 0 spiro atoms. The summed E-state index contributed by atoms with van der Waals surface area (Å²) in [6, 6.07) is 0. The van der Waals surface area contributed by atoms with Crippen LogP contribution in [-0.4, -0.2) is 52.1 Å². The molecule has 0 unspecified atom stereocenters. The first kappa shape index (κ1) is 13.7. The number of hydrogen-bond acceptors (Lipinski definition) is 3. The third-order valence-electron chi connectivity index (χ3n) is 0.344. The Hall–Kier alpha value is 1.10. The Morgan fingerprint density at radius 3 is 1.80 bits per heavy atom. The second-order valence-corrected chi connectivity index (χ2v) is 1.91. The molecule has 0 saturated carbocycles. The summed E-state index contributed by atoms with van der Waals surface area (Å²) in [5.74, 6) is 0. The van der Waals surface area contributed by atoms with Crippen molar-refractivity contribution in [2.75, 3.05) is 6.61 Å². The van der Waals surface area contributed by atoms with E-state index in [-0.39, 0.29) is 29.6 Å². The maximum atomic E-state index is 11.1. The molecule has 0 amide bonds. The van der Waals surface area contributed by atoms with Gasteiger partial charge < -0.3 is 14.3 Å². The van der Waals surface area contributed by atoms with Crippen molar-refractivity contribution in [2.45, 2.75) is 6.18 Å². The average Bonchev–Trinajstić information content (AvgIpc) is 1.59. The summed E-state index contributed by atoms with van der Waals surface area (Å²) < 4.78 is 36.7. The van der Waals surface area contributed by atoms with Gasteiger partial charge in [0.25, 0.3) is 0 Å². The monoisotopic (exact) mass is 188 g/mol. The van der Waals surface area contributed by atoms with Crippen LogP contribution in [0.4, 0.5) is 13.2 Å². The Labute approximate surface area is 78.5 Å². The van der Waals surface area contributed by atoms with Gasteiger partial charge in [0.05, 0.1) is 0 Å². The predicted octanol–water partition coefficient (Wildman–Crippen LogP) is 0.128. The van der Waals surface area contributed by atoms with Crippen molar-refractivity contribution in [1.29, 1.82) is 0 Å². The van der Waals surface area contributed by atoms with Gasteiger partial charge in [-0.1, -0.05) is 0 Å². The van der Waals surface area contributed by atoms with E-state index in [0.717, 1.165) is 0 Å². The van der Waals surface area contributed by atoms with Crippen molar-refractivity contribution in [3.8, 4) is 0 Å². The number of alkyl halides is 3. The van der Waals surface area contributed by atoms with Gasteiger partial charge in [0, 0.05) is 0 Å². The summed E-state index contributed by atoms with van der Waals surface area (Å²) in [5, 5.41) is 0. The summed E-state index contributed by atoms with van der Waals surface area (Å²) in [6.07, 6.45) is -4.49. The molecule has 0 aliphatic heterocycles. The fraction of sp³-hybridized carbons (Fsp3) is 1.00. The second kappa shape index (κ2) is 5.71. The molecule has 0 saturated heterocycles. The van der Waals surface area contributed by atoms with Crippen LogP contribution in [0.2, 0.25) is 0 Å². The van der Waals surface area contributed by atoms with E-state index in [4.69, 9.17) is 9.79 Å². The molecule has 0 atom stereocenters. The first-order valence-electron chi connectivity index (χ1n) is 1.79. The average molecular weight is 188 g/mol. The van der Waals surface area contributed by atoms with Crippen molar-refractivity contribution in [3.63, 3.8) is 0 Å². The Balaban J connectivity index is 0. The molecular weight excluding hydrogens is 183 g/mol. The molecule has 0 aromatic heterocycles. The van der Waals surface area contributed by atoms with E-state index in [1.807, 2.05) is 0 Å². The van der Waals surface area contributed by atoms with Gasteiger partial charge >= 0.3 is 44.3 Å². The normalized spacial score (nSPS) is 11.4. The molecule has 0 bridgehead atoms. The standard InChI is InChI=1S/C2H4F3O3P.Na.H/c3-2(4,5)1-8-9(6)7;;/h6-7H,1H2;;. The zero-order valence-corrected chi connectivity index (χ0v) is 4.99. The number of hydrogen-bond donors (Lipinski definition) is 2. The molecule has 0 radical (unpaired) electrons. The van der Waals surface area contributed by atoms with Crippen LogP contribution in [0.25, 0.3) is 0 Å². The van der Waals surface area contributed by atoms with Crippen LogP contribution < -0.4 is 0 Å². The molecule has 0 fully saturated rings. The van der Waals surface area contributed by atoms with Crippen LogP contribution in [0.5, 0.6) is 0 Å². The molecule has 2 N–H and O–H groups in total. The first-order valence-corrected chi connectivity index (χ1v) is 2.96. The van der Waals surface area contributed by atoms with E-state index in [0.29, 0.717) is 0 Å². The van der Waals surface area contributed by atoms with Gasteiger partial charge in [-0.05, 0) is 0 Å². The van der Waals surface area contributed by atoms with Crippen LogP contribution >= 0.6 is 8.60 Å². The fourth-order valence-corrected chi connectivity index (χ4v) is 0.393. The zero-order valence-electron chi connectivity index (χ0n) is 4.09. The Morgan fingerprint density at radius 1 is 1.30 bits per heavy atom. The third kappa shape index (κ3) is 11.8. The summed E-state index contributed by atoms with van der Waals surface area (Å²) in [6.45, 7) is -1.62. The first-order chi connectivity index (χ1) is 3.92. The third-order valence-corrected chi connectivity index (χ3v) is 0.704. The van der Waals surface area contributed by atoms with Gasteiger partial charge in [-0.2, -0.15) is 13.2 Å². The van der Waals surface area contributed by atoms with Gasteiger partial charge in [0.15, 0.2) is 6.61 Å². The fourth-order valence-electron chi connectivity index (χ4n) is 0.131. The van der Waals surface area contributed by atoms with Crippen molar-refractivity contribution in [3.05, 3.63) is 0 Å². The molecule has 58 valence electrons. The van der Waals surface area contributed by atoms with Crippen molar-refractivity contribution >= 4 is 38.2 Å². The minimum absolute atomic E-state index is 0.